The van der Waals surface area contributed by atoms with Crippen molar-refractivity contribution in [2.75, 3.05) is 0 Å². The summed E-state index contributed by atoms with van der Waals surface area (Å²) in [6.45, 7) is 7.86. The Labute approximate surface area is 165 Å². The zero-order chi connectivity index (χ0) is 20.3. The Balaban J connectivity index is 1.71. The molecule has 0 fully saturated rings. The lowest BCUT2D eigenvalue weighted by Crippen LogP contribution is -2.23. The molecule has 2 aromatic heterocycles. The van der Waals surface area contributed by atoms with Gasteiger partial charge in [0.2, 0.25) is 0 Å². The van der Waals surface area contributed by atoms with Crippen LogP contribution in [-0.4, -0.2) is 21.0 Å². The van der Waals surface area contributed by atoms with E-state index in [1.807, 2.05) is 38.1 Å². The number of hydrogen-bond acceptors (Lipinski definition) is 4. The van der Waals surface area contributed by atoms with Gasteiger partial charge < -0.3 is 10.4 Å². The van der Waals surface area contributed by atoms with Crippen molar-refractivity contribution in [3.63, 3.8) is 0 Å². The van der Waals surface area contributed by atoms with E-state index in [2.05, 4.69) is 15.3 Å². The number of rotatable bonds is 5. The average Bonchev–Trinajstić information content (AvgIpc) is 2.67. The highest BCUT2D eigenvalue weighted by Crippen LogP contribution is 2.25. The second-order valence-electron chi connectivity index (χ2n) is 7.53. The topological polar surface area (TPSA) is 75.1 Å². The fourth-order valence-corrected chi connectivity index (χ4v) is 2.93. The van der Waals surface area contributed by atoms with Gasteiger partial charge in [-0.15, -0.1) is 0 Å². The molecule has 0 spiro atoms. The van der Waals surface area contributed by atoms with E-state index < -0.39 is 5.60 Å². The summed E-state index contributed by atoms with van der Waals surface area (Å²) in [4.78, 5) is 21.0. The lowest BCUT2D eigenvalue weighted by atomic mass is 9.96. The summed E-state index contributed by atoms with van der Waals surface area (Å²) in [6.07, 6.45) is 5.21. The van der Waals surface area contributed by atoms with Gasteiger partial charge in [0.1, 0.15) is 0 Å². The zero-order valence-corrected chi connectivity index (χ0v) is 16.7. The molecule has 144 valence electrons. The molecule has 3 aromatic rings. The third-order valence-corrected chi connectivity index (χ3v) is 4.72. The molecule has 0 aliphatic rings. The molecule has 2 N–H and O–H groups in total. The van der Waals surface area contributed by atoms with Crippen molar-refractivity contribution in [2.24, 2.45) is 0 Å². The van der Waals surface area contributed by atoms with Gasteiger partial charge in [-0.05, 0) is 68.7 Å². The number of aliphatic hydroxyl groups is 1. The van der Waals surface area contributed by atoms with Crippen molar-refractivity contribution in [3.05, 3.63) is 82.9 Å². The van der Waals surface area contributed by atoms with E-state index in [9.17, 15) is 9.90 Å². The van der Waals surface area contributed by atoms with Crippen LogP contribution in [0.3, 0.4) is 0 Å². The molecule has 5 heteroatoms. The number of pyridine rings is 2. The molecule has 0 radical (unpaired) electrons. The van der Waals surface area contributed by atoms with Crippen LogP contribution in [0.2, 0.25) is 0 Å². The molecular formula is C23H25N3O2. The summed E-state index contributed by atoms with van der Waals surface area (Å²) in [5, 5.41) is 13.1. The van der Waals surface area contributed by atoms with E-state index in [4.69, 9.17) is 0 Å². The normalized spacial score (nSPS) is 11.3. The molecule has 5 nitrogen and oxygen atoms in total. The number of aryl methyl sites for hydroxylation is 2. The molecular weight excluding hydrogens is 350 g/mol. The fourth-order valence-electron chi connectivity index (χ4n) is 2.93. The van der Waals surface area contributed by atoms with Crippen LogP contribution >= 0.6 is 0 Å². The van der Waals surface area contributed by atoms with Crippen molar-refractivity contribution in [1.29, 1.82) is 0 Å². The summed E-state index contributed by atoms with van der Waals surface area (Å²) in [5.74, 6) is -0.130. The largest absolute Gasteiger partial charge is 0.386 e. The minimum absolute atomic E-state index is 0.130. The van der Waals surface area contributed by atoms with Crippen LogP contribution in [0.25, 0.3) is 11.1 Å². The quantitative estimate of drug-likeness (QED) is 0.709. The van der Waals surface area contributed by atoms with Gasteiger partial charge in [-0.1, -0.05) is 12.1 Å². The van der Waals surface area contributed by atoms with E-state index >= 15 is 0 Å². The number of hydrogen-bond donors (Lipinski definition) is 2. The number of nitrogens with one attached hydrogen (secondary N) is 1. The predicted molar refractivity (Wildman–Crippen MR) is 110 cm³/mol. The number of aromatic nitrogens is 2. The SMILES string of the molecule is Cc1cc(C)c(CNC(=O)c2ccc(-c3cncc(C(C)(C)O)c3)cc2)cn1. The molecule has 0 bridgehead atoms. The van der Waals surface area contributed by atoms with Gasteiger partial charge >= 0.3 is 0 Å². The first-order valence-corrected chi connectivity index (χ1v) is 9.23. The standard InChI is InChI=1S/C23H25N3O2/c1-15-9-16(2)25-12-20(15)13-26-22(27)18-7-5-17(6-8-18)19-10-21(14-24-11-19)23(3,4)28/h5-12,14,28H,13H2,1-4H3,(H,26,27). The fraction of sp³-hybridized carbons (Fsp3) is 0.261. The van der Waals surface area contributed by atoms with Crippen molar-refractivity contribution in [3.8, 4) is 11.1 Å². The third kappa shape index (κ3) is 4.61. The summed E-state index contributed by atoms with van der Waals surface area (Å²) in [6, 6.07) is 11.3. The minimum atomic E-state index is -0.953. The Kier molecular flexibility index (Phi) is 5.56. The Morgan fingerprint density at radius 1 is 1.04 bits per heavy atom. The summed E-state index contributed by atoms with van der Waals surface area (Å²) in [5.41, 5.74) is 5.30. The number of benzene rings is 1. The van der Waals surface area contributed by atoms with Gasteiger partial charge in [-0.2, -0.15) is 0 Å². The molecule has 1 aromatic carbocycles. The highest BCUT2D eigenvalue weighted by Gasteiger charge is 2.17. The number of carbonyl (C=O) groups is 1. The number of nitrogens with zero attached hydrogens (tertiary/aromatic N) is 2. The lowest BCUT2D eigenvalue weighted by molar-refractivity contribution is 0.0782. The van der Waals surface area contributed by atoms with Crippen LogP contribution in [0.1, 0.15) is 46.6 Å². The molecule has 28 heavy (non-hydrogen) atoms. The van der Waals surface area contributed by atoms with Crippen LogP contribution in [0.4, 0.5) is 0 Å². The summed E-state index contributed by atoms with van der Waals surface area (Å²) in [7, 11) is 0. The maximum Gasteiger partial charge on any atom is 0.251 e. The summed E-state index contributed by atoms with van der Waals surface area (Å²) >= 11 is 0. The number of amides is 1. The molecule has 0 atom stereocenters. The van der Waals surface area contributed by atoms with Crippen LogP contribution in [0.5, 0.6) is 0 Å². The summed E-state index contributed by atoms with van der Waals surface area (Å²) < 4.78 is 0. The van der Waals surface area contributed by atoms with Crippen LogP contribution in [0.15, 0.2) is 55.0 Å². The first kappa shape index (κ1) is 19.7. The van der Waals surface area contributed by atoms with E-state index in [1.54, 1.807) is 44.6 Å². The maximum atomic E-state index is 12.5. The van der Waals surface area contributed by atoms with Crippen LogP contribution < -0.4 is 5.32 Å². The van der Waals surface area contributed by atoms with Gasteiger partial charge in [0, 0.05) is 47.5 Å². The Bertz CT molecular complexity index is 989. The Morgan fingerprint density at radius 2 is 1.75 bits per heavy atom. The van der Waals surface area contributed by atoms with Gasteiger partial charge in [-0.25, -0.2) is 0 Å². The Morgan fingerprint density at radius 3 is 2.39 bits per heavy atom. The highest BCUT2D eigenvalue weighted by molar-refractivity contribution is 5.94. The lowest BCUT2D eigenvalue weighted by Gasteiger charge is -2.18. The second kappa shape index (κ2) is 7.90. The molecule has 0 aliphatic heterocycles. The van der Waals surface area contributed by atoms with Crippen molar-refractivity contribution in [2.45, 2.75) is 39.8 Å². The monoisotopic (exact) mass is 375 g/mol. The van der Waals surface area contributed by atoms with Crippen LogP contribution in [0, 0.1) is 13.8 Å². The molecule has 0 saturated heterocycles. The zero-order valence-electron chi connectivity index (χ0n) is 16.7. The first-order valence-electron chi connectivity index (χ1n) is 9.23. The molecule has 3 rings (SSSR count). The van der Waals surface area contributed by atoms with Crippen molar-refractivity contribution >= 4 is 5.91 Å². The predicted octanol–water partition coefficient (Wildman–Crippen LogP) is 3.92. The second-order valence-corrected chi connectivity index (χ2v) is 7.53. The third-order valence-electron chi connectivity index (χ3n) is 4.72. The molecule has 0 aliphatic carbocycles. The van der Waals surface area contributed by atoms with E-state index in [0.717, 1.165) is 33.5 Å². The number of carbonyl (C=O) groups excluding carboxylic acids is 1. The van der Waals surface area contributed by atoms with E-state index in [1.165, 1.54) is 0 Å². The van der Waals surface area contributed by atoms with E-state index in [0.29, 0.717) is 12.1 Å². The van der Waals surface area contributed by atoms with Gasteiger partial charge in [0.05, 0.1) is 5.60 Å². The van der Waals surface area contributed by atoms with Gasteiger partial charge in [0.15, 0.2) is 0 Å². The van der Waals surface area contributed by atoms with Crippen LogP contribution in [-0.2, 0) is 12.1 Å². The van der Waals surface area contributed by atoms with Crippen molar-refractivity contribution < 1.29 is 9.90 Å². The smallest absolute Gasteiger partial charge is 0.251 e. The van der Waals surface area contributed by atoms with Gasteiger partial charge in [-0.3, -0.25) is 14.8 Å². The molecule has 1 amide bonds. The molecule has 2 heterocycles. The first-order chi connectivity index (χ1) is 13.2. The highest BCUT2D eigenvalue weighted by atomic mass is 16.3. The van der Waals surface area contributed by atoms with Gasteiger partial charge in [0.25, 0.3) is 5.91 Å². The average molecular weight is 375 g/mol. The minimum Gasteiger partial charge on any atom is -0.386 e. The van der Waals surface area contributed by atoms with Crippen molar-refractivity contribution in [1.82, 2.24) is 15.3 Å². The maximum absolute atomic E-state index is 12.5. The van der Waals surface area contributed by atoms with E-state index in [-0.39, 0.29) is 5.91 Å². The Hall–Kier alpha value is -3.05. The molecule has 0 saturated carbocycles. The molecule has 0 unspecified atom stereocenters.